The number of hydrogen-bond acceptors (Lipinski definition) is 2. The Bertz CT molecular complexity index is 2970. The van der Waals surface area contributed by atoms with Crippen molar-refractivity contribution in [3.8, 4) is 44.5 Å². The Morgan fingerprint density at radius 1 is 0.431 bits per heavy atom. The summed E-state index contributed by atoms with van der Waals surface area (Å²) in [5.41, 5.74) is 20.2. The number of nitrogens with one attached hydrogen (secondary N) is 1. The third-order valence-corrected chi connectivity index (χ3v) is 12.2. The van der Waals surface area contributed by atoms with E-state index in [-0.39, 0.29) is 5.41 Å². The molecule has 1 radical (unpaired) electrons. The third-order valence-electron chi connectivity index (χ3n) is 12.2. The van der Waals surface area contributed by atoms with Gasteiger partial charge in [0, 0.05) is 33.7 Å². The molecule has 58 heavy (non-hydrogen) atoms. The summed E-state index contributed by atoms with van der Waals surface area (Å²) < 4.78 is 0. The van der Waals surface area contributed by atoms with Crippen molar-refractivity contribution in [3.63, 3.8) is 0 Å². The molecule has 0 amide bonds. The maximum atomic E-state index is 3.94. The lowest BCUT2D eigenvalue weighted by Crippen LogP contribution is -2.45. The summed E-state index contributed by atoms with van der Waals surface area (Å²) >= 11 is 0. The highest BCUT2D eigenvalue weighted by molar-refractivity contribution is 6.73. The van der Waals surface area contributed by atoms with Crippen LogP contribution < -0.4 is 21.1 Å². The fraction of sp³-hybridized carbons (Fsp3) is 0.0545. The second-order valence-corrected chi connectivity index (χ2v) is 16.1. The normalized spacial score (nSPS) is 13.2. The Balaban J connectivity index is 1.13. The summed E-state index contributed by atoms with van der Waals surface area (Å²) in [6, 6.07) is 73.0. The molecular weight excluding hydrogens is 699 g/mol. The first-order valence-electron chi connectivity index (χ1n) is 20.2. The van der Waals surface area contributed by atoms with Crippen LogP contribution in [0.1, 0.15) is 25.0 Å². The van der Waals surface area contributed by atoms with Gasteiger partial charge in [0.15, 0.2) is 7.28 Å². The average Bonchev–Trinajstić information content (AvgIpc) is 3.28. The van der Waals surface area contributed by atoms with Crippen LogP contribution in [0.25, 0.3) is 55.3 Å². The largest absolute Gasteiger partial charge is 0.355 e. The van der Waals surface area contributed by atoms with E-state index in [1.165, 1.54) is 88.8 Å². The maximum Gasteiger partial charge on any atom is 0.197 e. The molecule has 2 aliphatic heterocycles. The first kappa shape index (κ1) is 34.2. The average molecular weight is 740 g/mol. The second-order valence-electron chi connectivity index (χ2n) is 16.1. The molecule has 11 rings (SSSR count). The molecule has 0 unspecified atom stereocenters. The van der Waals surface area contributed by atoms with Gasteiger partial charge < -0.3 is 10.2 Å². The number of para-hydroxylation sites is 2. The molecule has 0 bridgehead atoms. The van der Waals surface area contributed by atoms with Crippen LogP contribution in [-0.4, -0.2) is 7.28 Å². The Hall–Kier alpha value is -7.10. The maximum absolute atomic E-state index is 3.94. The number of benzene rings is 9. The molecule has 0 aromatic heterocycles. The van der Waals surface area contributed by atoms with E-state index in [4.69, 9.17) is 0 Å². The standard InChI is InChI=1S/C55H40BN2/c1-55(2)47-26-16-27-49-54(47)58(51-34-40-24-13-12-23-39(40)33-48(51)55)52-35-43(38-21-10-5-11-22-38)32-46(53(52)56-49)45-25-14-15-28-50(45)57-44-30-41(36-17-6-3-7-18-36)29-42(31-44)37-19-8-4-9-20-37/h3-35,57H,1-2H3. The molecule has 0 spiro atoms. The van der Waals surface area contributed by atoms with Crippen molar-refractivity contribution in [2.24, 2.45) is 0 Å². The highest BCUT2D eigenvalue weighted by Gasteiger charge is 2.41. The van der Waals surface area contributed by atoms with E-state index in [0.717, 1.165) is 16.9 Å². The van der Waals surface area contributed by atoms with Gasteiger partial charge in [0.25, 0.3) is 0 Å². The first-order valence-corrected chi connectivity index (χ1v) is 20.2. The molecule has 0 fully saturated rings. The Morgan fingerprint density at radius 2 is 1.00 bits per heavy atom. The molecule has 9 aromatic carbocycles. The molecule has 0 aliphatic carbocycles. The predicted octanol–water partition coefficient (Wildman–Crippen LogP) is 13.3. The lowest BCUT2D eigenvalue weighted by Gasteiger charge is -2.46. The highest BCUT2D eigenvalue weighted by Crippen LogP contribution is 2.53. The van der Waals surface area contributed by atoms with Crippen LogP contribution in [0.4, 0.5) is 28.4 Å². The van der Waals surface area contributed by atoms with Crippen LogP contribution >= 0.6 is 0 Å². The summed E-state index contributed by atoms with van der Waals surface area (Å²) in [4.78, 5) is 2.56. The number of anilines is 5. The van der Waals surface area contributed by atoms with Crippen molar-refractivity contribution in [1.29, 1.82) is 0 Å². The fourth-order valence-corrected chi connectivity index (χ4v) is 9.29. The number of nitrogens with zero attached hydrogens (tertiary/aromatic N) is 1. The van der Waals surface area contributed by atoms with Crippen molar-refractivity contribution in [3.05, 3.63) is 211 Å². The van der Waals surface area contributed by atoms with Crippen molar-refractivity contribution >= 4 is 57.4 Å². The lowest BCUT2D eigenvalue weighted by atomic mass is 9.55. The SMILES string of the molecule is CC1(C)c2cc3ccccc3cc2N2c3cc(-c4ccccc4)cc(-c4ccccc4Nc4cc(-c5ccccc5)cc(-c5ccccc5)c4)c3[B]c3cccc1c32. The fourth-order valence-electron chi connectivity index (χ4n) is 9.29. The van der Waals surface area contributed by atoms with Crippen molar-refractivity contribution in [2.75, 3.05) is 10.2 Å². The minimum Gasteiger partial charge on any atom is -0.355 e. The van der Waals surface area contributed by atoms with Gasteiger partial charge in [-0.2, -0.15) is 0 Å². The molecule has 0 atom stereocenters. The molecule has 0 saturated heterocycles. The molecule has 1 N–H and O–H groups in total. The summed E-state index contributed by atoms with van der Waals surface area (Å²) in [6.07, 6.45) is 0. The first-order chi connectivity index (χ1) is 28.5. The zero-order chi connectivity index (χ0) is 38.8. The molecule has 2 nitrogen and oxygen atoms in total. The molecule has 2 aliphatic rings. The minimum absolute atomic E-state index is 0.185. The summed E-state index contributed by atoms with van der Waals surface area (Å²) in [5, 5.41) is 6.45. The molecular formula is C55H40BN2. The molecule has 273 valence electrons. The van der Waals surface area contributed by atoms with Gasteiger partial charge in [-0.15, -0.1) is 0 Å². The van der Waals surface area contributed by atoms with Gasteiger partial charge >= 0.3 is 0 Å². The van der Waals surface area contributed by atoms with Crippen LogP contribution in [-0.2, 0) is 5.41 Å². The zero-order valence-corrected chi connectivity index (χ0v) is 32.6. The Morgan fingerprint density at radius 3 is 1.66 bits per heavy atom. The zero-order valence-electron chi connectivity index (χ0n) is 32.6. The van der Waals surface area contributed by atoms with Gasteiger partial charge in [0.05, 0.1) is 5.69 Å². The van der Waals surface area contributed by atoms with Gasteiger partial charge in [-0.3, -0.25) is 0 Å². The van der Waals surface area contributed by atoms with Crippen LogP contribution in [0.5, 0.6) is 0 Å². The predicted molar refractivity (Wildman–Crippen MR) is 247 cm³/mol. The summed E-state index contributed by atoms with van der Waals surface area (Å²) in [6.45, 7) is 4.76. The quantitative estimate of drug-likeness (QED) is 0.171. The topological polar surface area (TPSA) is 15.3 Å². The number of fused-ring (bicyclic) bond motifs is 5. The van der Waals surface area contributed by atoms with E-state index in [0.29, 0.717) is 0 Å². The minimum atomic E-state index is -0.185. The van der Waals surface area contributed by atoms with Crippen molar-refractivity contribution in [2.45, 2.75) is 19.3 Å². The second kappa shape index (κ2) is 13.5. The number of rotatable bonds is 6. The lowest BCUT2D eigenvalue weighted by molar-refractivity contribution is 0.633. The van der Waals surface area contributed by atoms with Gasteiger partial charge in [-0.25, -0.2) is 0 Å². The molecule has 0 saturated carbocycles. The van der Waals surface area contributed by atoms with E-state index < -0.39 is 0 Å². The van der Waals surface area contributed by atoms with Gasteiger partial charge in [-0.1, -0.05) is 171 Å². The van der Waals surface area contributed by atoms with E-state index >= 15 is 0 Å². The monoisotopic (exact) mass is 739 g/mol. The van der Waals surface area contributed by atoms with Crippen molar-refractivity contribution in [1.82, 2.24) is 0 Å². The van der Waals surface area contributed by atoms with Gasteiger partial charge in [0.2, 0.25) is 0 Å². The van der Waals surface area contributed by atoms with E-state index in [1.54, 1.807) is 0 Å². The van der Waals surface area contributed by atoms with E-state index in [1.807, 2.05) is 0 Å². The number of hydrogen-bond donors (Lipinski definition) is 1. The van der Waals surface area contributed by atoms with Crippen LogP contribution in [0.15, 0.2) is 200 Å². The molecule has 3 heteroatoms. The summed E-state index contributed by atoms with van der Waals surface area (Å²) in [5.74, 6) is 0. The van der Waals surface area contributed by atoms with Gasteiger partial charge in [0.1, 0.15) is 0 Å². The molecule has 9 aromatic rings. The van der Waals surface area contributed by atoms with E-state index in [9.17, 15) is 0 Å². The summed E-state index contributed by atoms with van der Waals surface area (Å²) in [7, 11) is 2.43. The Kier molecular flexibility index (Phi) is 7.98. The Labute approximate surface area is 341 Å². The smallest absolute Gasteiger partial charge is 0.197 e. The third kappa shape index (κ3) is 5.65. The van der Waals surface area contributed by atoms with E-state index in [2.05, 4.69) is 232 Å². The van der Waals surface area contributed by atoms with Crippen LogP contribution in [0.2, 0.25) is 0 Å². The highest BCUT2D eigenvalue weighted by atomic mass is 15.2. The molecule has 2 heterocycles. The van der Waals surface area contributed by atoms with Crippen LogP contribution in [0, 0.1) is 0 Å². The van der Waals surface area contributed by atoms with Gasteiger partial charge in [-0.05, 0) is 115 Å². The van der Waals surface area contributed by atoms with Crippen molar-refractivity contribution < 1.29 is 0 Å². The van der Waals surface area contributed by atoms with Crippen LogP contribution in [0.3, 0.4) is 0 Å².